The molecule has 0 radical (unpaired) electrons. The van der Waals surface area contributed by atoms with Crippen LogP contribution in [-0.2, 0) is 32.2 Å². The topological polar surface area (TPSA) is 65.0 Å². The molecule has 0 fully saturated rings. The highest BCUT2D eigenvalue weighted by atomic mass is 16.5. The third-order valence-electron chi connectivity index (χ3n) is 3.91. The van der Waals surface area contributed by atoms with Gasteiger partial charge in [-0.15, -0.1) is 0 Å². The van der Waals surface area contributed by atoms with Gasteiger partial charge in [0, 0.05) is 12.5 Å². The number of aliphatic hydroxyl groups excluding tert-OH is 1. The van der Waals surface area contributed by atoms with Crippen molar-refractivity contribution in [2.75, 3.05) is 26.9 Å². The number of carbonyl (C=O) groups excluding carboxylic acids is 1. The van der Waals surface area contributed by atoms with Crippen LogP contribution in [-0.4, -0.2) is 38.0 Å². The van der Waals surface area contributed by atoms with Gasteiger partial charge in [0.15, 0.2) is 0 Å². The molecule has 2 rings (SSSR count). The van der Waals surface area contributed by atoms with E-state index in [1.165, 1.54) is 12.7 Å². The molecule has 1 N–H and O–H groups in total. The third-order valence-corrected chi connectivity index (χ3v) is 3.91. The molecule has 0 heterocycles. The van der Waals surface area contributed by atoms with Gasteiger partial charge in [0.2, 0.25) is 0 Å². The summed E-state index contributed by atoms with van der Waals surface area (Å²) < 4.78 is 15.4. The zero-order valence-corrected chi connectivity index (χ0v) is 17.0. The van der Waals surface area contributed by atoms with Gasteiger partial charge in [-0.25, -0.2) is 0 Å². The summed E-state index contributed by atoms with van der Waals surface area (Å²) in [5.74, 6) is -0.217. The van der Waals surface area contributed by atoms with Crippen molar-refractivity contribution in [3.63, 3.8) is 0 Å². The lowest BCUT2D eigenvalue weighted by atomic mass is 10.2. The highest BCUT2D eigenvalue weighted by Crippen LogP contribution is 2.04. The van der Waals surface area contributed by atoms with Crippen LogP contribution in [0.3, 0.4) is 0 Å². The maximum absolute atomic E-state index is 11.1. The summed E-state index contributed by atoms with van der Waals surface area (Å²) in [6, 6.07) is 19.9. The molecule has 28 heavy (non-hydrogen) atoms. The van der Waals surface area contributed by atoms with E-state index in [0.29, 0.717) is 26.4 Å². The van der Waals surface area contributed by atoms with Crippen LogP contribution in [0.4, 0.5) is 0 Å². The zero-order chi connectivity index (χ0) is 20.6. The molecule has 0 saturated carbocycles. The predicted molar refractivity (Wildman–Crippen MR) is 110 cm³/mol. The average molecular weight is 389 g/mol. The molecule has 0 unspecified atom stereocenters. The molecule has 0 aliphatic rings. The molecule has 0 bridgehead atoms. The Morgan fingerprint density at radius 3 is 1.75 bits per heavy atom. The van der Waals surface area contributed by atoms with E-state index in [0.717, 1.165) is 5.56 Å². The van der Waals surface area contributed by atoms with Crippen molar-refractivity contribution in [3.05, 3.63) is 71.8 Å². The normalized spacial score (nSPS) is 12.4. The van der Waals surface area contributed by atoms with Crippen LogP contribution >= 0.6 is 0 Å². The molecule has 0 aliphatic carbocycles. The van der Waals surface area contributed by atoms with E-state index in [4.69, 9.17) is 14.6 Å². The summed E-state index contributed by atoms with van der Waals surface area (Å²) in [6.07, 6.45) is 0. The number of benzene rings is 2. The van der Waals surface area contributed by atoms with Crippen LogP contribution in [0.25, 0.3) is 0 Å². The van der Waals surface area contributed by atoms with E-state index in [9.17, 15) is 4.79 Å². The second-order valence-corrected chi connectivity index (χ2v) is 6.71. The minimum atomic E-state index is -0.233. The summed E-state index contributed by atoms with van der Waals surface area (Å²) >= 11 is 0. The summed E-state index contributed by atoms with van der Waals surface area (Å²) in [5.41, 5.74) is 2.28. The van der Waals surface area contributed by atoms with Gasteiger partial charge < -0.3 is 19.3 Å². The van der Waals surface area contributed by atoms with Crippen molar-refractivity contribution >= 4 is 5.97 Å². The molecule has 0 spiro atoms. The van der Waals surface area contributed by atoms with E-state index >= 15 is 0 Å². The first-order valence-electron chi connectivity index (χ1n) is 9.48. The number of hydrogen-bond donors (Lipinski definition) is 1. The zero-order valence-electron chi connectivity index (χ0n) is 17.0. The van der Waals surface area contributed by atoms with E-state index in [1.54, 1.807) is 6.92 Å². The van der Waals surface area contributed by atoms with Gasteiger partial charge in [-0.1, -0.05) is 67.6 Å². The quantitative estimate of drug-likeness (QED) is 0.627. The number of esters is 1. The Bertz CT molecular complexity index is 630. The molecule has 2 aromatic carbocycles. The molecule has 0 aliphatic heterocycles. The fourth-order valence-corrected chi connectivity index (χ4v) is 2.20. The molecule has 0 amide bonds. The first-order chi connectivity index (χ1) is 13.6. The van der Waals surface area contributed by atoms with Gasteiger partial charge in [-0.2, -0.15) is 0 Å². The van der Waals surface area contributed by atoms with E-state index < -0.39 is 0 Å². The van der Waals surface area contributed by atoms with Crippen molar-refractivity contribution in [1.29, 1.82) is 0 Å². The van der Waals surface area contributed by atoms with Crippen molar-refractivity contribution < 1.29 is 24.1 Å². The summed E-state index contributed by atoms with van der Waals surface area (Å²) in [7, 11) is 1.38. The van der Waals surface area contributed by atoms with Crippen LogP contribution in [0.2, 0.25) is 0 Å². The molecule has 5 heteroatoms. The Kier molecular flexibility index (Phi) is 12.6. The second-order valence-electron chi connectivity index (χ2n) is 6.71. The Balaban J connectivity index is 0.000000283. The SMILES string of the molecule is COC(=O)[C@H](C)COCc1ccccc1.C[C@@H](CO)COCc1ccccc1. The van der Waals surface area contributed by atoms with Gasteiger partial charge in [0.1, 0.15) is 0 Å². The molecular weight excluding hydrogens is 356 g/mol. The van der Waals surface area contributed by atoms with Crippen LogP contribution in [0, 0.1) is 11.8 Å². The minimum absolute atomic E-state index is 0.189. The molecule has 2 aromatic rings. The maximum atomic E-state index is 11.1. The summed E-state index contributed by atoms with van der Waals surface area (Å²) in [6.45, 7) is 6.11. The Morgan fingerprint density at radius 1 is 0.857 bits per heavy atom. The Morgan fingerprint density at radius 2 is 1.32 bits per heavy atom. The number of methoxy groups -OCH3 is 1. The van der Waals surface area contributed by atoms with Crippen LogP contribution in [0.15, 0.2) is 60.7 Å². The Hall–Kier alpha value is -2.21. The second kappa shape index (κ2) is 14.8. The molecule has 0 aromatic heterocycles. The van der Waals surface area contributed by atoms with Crippen molar-refractivity contribution in [2.24, 2.45) is 11.8 Å². The van der Waals surface area contributed by atoms with E-state index in [2.05, 4.69) is 4.74 Å². The molecule has 0 saturated heterocycles. The van der Waals surface area contributed by atoms with Crippen molar-refractivity contribution in [1.82, 2.24) is 0 Å². The third kappa shape index (κ3) is 10.8. The number of ether oxygens (including phenoxy) is 3. The minimum Gasteiger partial charge on any atom is -0.469 e. The molecule has 2 atom stereocenters. The maximum Gasteiger partial charge on any atom is 0.310 e. The van der Waals surface area contributed by atoms with E-state index in [-0.39, 0.29) is 24.4 Å². The fourth-order valence-electron chi connectivity index (χ4n) is 2.20. The highest BCUT2D eigenvalue weighted by molar-refractivity contribution is 5.71. The molecular formula is C23H32O5. The van der Waals surface area contributed by atoms with Crippen molar-refractivity contribution in [2.45, 2.75) is 27.1 Å². The first-order valence-corrected chi connectivity index (χ1v) is 9.48. The first kappa shape index (κ1) is 23.8. The summed E-state index contributed by atoms with van der Waals surface area (Å²) in [4.78, 5) is 11.1. The highest BCUT2D eigenvalue weighted by Gasteiger charge is 2.12. The van der Waals surface area contributed by atoms with Gasteiger partial charge >= 0.3 is 5.97 Å². The van der Waals surface area contributed by atoms with Gasteiger partial charge in [-0.05, 0) is 18.1 Å². The smallest absolute Gasteiger partial charge is 0.310 e. The van der Waals surface area contributed by atoms with Crippen LogP contribution < -0.4 is 0 Å². The lowest BCUT2D eigenvalue weighted by molar-refractivity contribution is -0.147. The number of aliphatic hydroxyl groups is 1. The fraction of sp³-hybridized carbons (Fsp3) is 0.435. The van der Waals surface area contributed by atoms with Crippen LogP contribution in [0.5, 0.6) is 0 Å². The predicted octanol–water partition coefficient (Wildman–Crippen LogP) is 3.84. The monoisotopic (exact) mass is 388 g/mol. The lowest BCUT2D eigenvalue weighted by Crippen LogP contribution is -2.18. The van der Waals surface area contributed by atoms with Gasteiger partial charge in [0.05, 0.1) is 39.5 Å². The largest absolute Gasteiger partial charge is 0.469 e. The van der Waals surface area contributed by atoms with E-state index in [1.807, 2.05) is 67.6 Å². The number of carbonyl (C=O) groups is 1. The average Bonchev–Trinajstić information content (AvgIpc) is 2.75. The van der Waals surface area contributed by atoms with Crippen LogP contribution in [0.1, 0.15) is 25.0 Å². The Labute approximate surface area is 168 Å². The van der Waals surface area contributed by atoms with Crippen molar-refractivity contribution in [3.8, 4) is 0 Å². The number of rotatable bonds is 10. The standard InChI is InChI=1S/C12H16O3.C11H16O2/c1-10(12(13)14-2)8-15-9-11-6-4-3-5-7-11;1-10(7-12)8-13-9-11-5-3-2-4-6-11/h3-7,10H,8-9H2,1-2H3;2-6,10,12H,7-9H2,1H3/t2*10-/m10/s1. The van der Waals surface area contributed by atoms with Gasteiger partial charge in [-0.3, -0.25) is 4.79 Å². The molecule has 154 valence electrons. The summed E-state index contributed by atoms with van der Waals surface area (Å²) in [5, 5.41) is 8.75. The number of hydrogen-bond acceptors (Lipinski definition) is 5. The lowest BCUT2D eigenvalue weighted by Gasteiger charge is -2.09. The van der Waals surface area contributed by atoms with Gasteiger partial charge in [0.25, 0.3) is 0 Å². The molecule has 5 nitrogen and oxygen atoms in total.